The number of hydrogen-bond donors (Lipinski definition) is 1. The van der Waals surface area contributed by atoms with Gasteiger partial charge in [0.2, 0.25) is 0 Å². The van der Waals surface area contributed by atoms with Crippen molar-refractivity contribution in [1.82, 2.24) is 19.6 Å². The minimum atomic E-state index is 0.372. The molecule has 2 aromatic rings. The second kappa shape index (κ2) is 3.91. The molecule has 0 aromatic carbocycles. The standard InChI is InChI=1S/C12H17N5/c1-16-8-9(6-13-16)15-11-4-3-5-12-10(11)7-14-17(12)2/h6-8,11,15H,3-5H2,1-2H3. The zero-order chi connectivity index (χ0) is 11.8. The second-order valence-corrected chi connectivity index (χ2v) is 4.66. The van der Waals surface area contributed by atoms with Crippen LogP contribution in [0, 0.1) is 0 Å². The summed E-state index contributed by atoms with van der Waals surface area (Å²) in [5.41, 5.74) is 3.77. The van der Waals surface area contributed by atoms with Gasteiger partial charge in [-0.1, -0.05) is 0 Å². The van der Waals surface area contributed by atoms with E-state index in [0.717, 1.165) is 18.5 Å². The predicted octanol–water partition coefficient (Wildman–Crippen LogP) is 1.64. The molecular weight excluding hydrogens is 214 g/mol. The molecule has 3 rings (SSSR count). The van der Waals surface area contributed by atoms with Crippen LogP contribution in [0.5, 0.6) is 0 Å². The lowest BCUT2D eigenvalue weighted by Gasteiger charge is -2.23. The third kappa shape index (κ3) is 1.81. The molecule has 0 spiro atoms. The van der Waals surface area contributed by atoms with E-state index in [1.807, 2.05) is 42.0 Å². The number of nitrogens with one attached hydrogen (secondary N) is 1. The van der Waals surface area contributed by atoms with Gasteiger partial charge in [-0.25, -0.2) is 0 Å². The Morgan fingerprint density at radius 1 is 1.29 bits per heavy atom. The van der Waals surface area contributed by atoms with Crippen LogP contribution in [0.15, 0.2) is 18.6 Å². The first-order valence-corrected chi connectivity index (χ1v) is 6.00. The second-order valence-electron chi connectivity index (χ2n) is 4.66. The molecule has 2 heterocycles. The van der Waals surface area contributed by atoms with Crippen molar-refractivity contribution in [3.8, 4) is 0 Å². The Bertz CT molecular complexity index is 525. The minimum Gasteiger partial charge on any atom is -0.376 e. The molecule has 1 atom stereocenters. The van der Waals surface area contributed by atoms with Gasteiger partial charge >= 0.3 is 0 Å². The van der Waals surface area contributed by atoms with Gasteiger partial charge in [-0.15, -0.1) is 0 Å². The van der Waals surface area contributed by atoms with Crippen LogP contribution in [0.1, 0.15) is 30.1 Å². The molecule has 0 amide bonds. The lowest BCUT2D eigenvalue weighted by Crippen LogP contribution is -2.17. The van der Waals surface area contributed by atoms with Gasteiger partial charge in [0.25, 0.3) is 0 Å². The van der Waals surface area contributed by atoms with Crippen molar-refractivity contribution in [1.29, 1.82) is 0 Å². The van der Waals surface area contributed by atoms with Gasteiger partial charge < -0.3 is 5.32 Å². The number of rotatable bonds is 2. The average molecular weight is 231 g/mol. The summed E-state index contributed by atoms with van der Waals surface area (Å²) in [5, 5.41) is 12.1. The lowest BCUT2D eigenvalue weighted by atomic mass is 9.93. The molecular formula is C12H17N5. The SMILES string of the molecule is Cn1cc(NC2CCCc3c2cnn3C)cn1. The smallest absolute Gasteiger partial charge is 0.0731 e. The van der Waals surface area contributed by atoms with Crippen molar-refractivity contribution in [3.05, 3.63) is 29.8 Å². The maximum atomic E-state index is 4.35. The van der Waals surface area contributed by atoms with E-state index in [1.54, 1.807) is 0 Å². The fourth-order valence-corrected chi connectivity index (χ4v) is 2.55. The van der Waals surface area contributed by atoms with Crippen LogP contribution in [0.2, 0.25) is 0 Å². The van der Waals surface area contributed by atoms with E-state index in [-0.39, 0.29) is 0 Å². The highest BCUT2D eigenvalue weighted by Gasteiger charge is 2.23. The molecule has 17 heavy (non-hydrogen) atoms. The third-order valence-corrected chi connectivity index (χ3v) is 3.42. The molecule has 0 aliphatic heterocycles. The number of aromatic nitrogens is 4. The van der Waals surface area contributed by atoms with Crippen molar-refractivity contribution in [2.45, 2.75) is 25.3 Å². The molecule has 2 aromatic heterocycles. The molecule has 5 nitrogen and oxygen atoms in total. The van der Waals surface area contributed by atoms with Gasteiger partial charge in [-0.2, -0.15) is 10.2 Å². The van der Waals surface area contributed by atoms with Crippen LogP contribution in [-0.4, -0.2) is 19.6 Å². The summed E-state index contributed by atoms with van der Waals surface area (Å²) in [7, 11) is 3.95. The monoisotopic (exact) mass is 231 g/mol. The quantitative estimate of drug-likeness (QED) is 0.854. The van der Waals surface area contributed by atoms with Gasteiger partial charge in [0.1, 0.15) is 0 Å². The molecule has 1 aliphatic rings. The molecule has 0 radical (unpaired) electrons. The normalized spacial score (nSPS) is 19.1. The summed E-state index contributed by atoms with van der Waals surface area (Å²) in [6.45, 7) is 0. The summed E-state index contributed by atoms with van der Waals surface area (Å²) in [6.07, 6.45) is 9.37. The number of aryl methyl sites for hydroxylation is 2. The Kier molecular flexibility index (Phi) is 2.39. The van der Waals surface area contributed by atoms with E-state index in [2.05, 4.69) is 15.5 Å². The number of fused-ring (bicyclic) bond motifs is 1. The number of anilines is 1. The van der Waals surface area contributed by atoms with E-state index in [1.165, 1.54) is 17.7 Å². The molecule has 5 heteroatoms. The summed E-state index contributed by atoms with van der Waals surface area (Å²) in [5.74, 6) is 0. The average Bonchev–Trinajstić information content (AvgIpc) is 2.88. The van der Waals surface area contributed by atoms with E-state index in [4.69, 9.17) is 0 Å². The first-order valence-electron chi connectivity index (χ1n) is 6.00. The maximum Gasteiger partial charge on any atom is 0.0731 e. The molecule has 0 fully saturated rings. The van der Waals surface area contributed by atoms with Crippen molar-refractivity contribution in [2.75, 3.05) is 5.32 Å². The topological polar surface area (TPSA) is 47.7 Å². The van der Waals surface area contributed by atoms with Crippen molar-refractivity contribution in [2.24, 2.45) is 14.1 Å². The van der Waals surface area contributed by atoms with Crippen LogP contribution < -0.4 is 5.32 Å². The van der Waals surface area contributed by atoms with Gasteiger partial charge in [-0.05, 0) is 19.3 Å². The van der Waals surface area contributed by atoms with Crippen molar-refractivity contribution >= 4 is 5.69 Å². The van der Waals surface area contributed by atoms with E-state index >= 15 is 0 Å². The molecule has 1 N–H and O–H groups in total. The Labute approximate surface area is 100 Å². The lowest BCUT2D eigenvalue weighted by molar-refractivity contribution is 0.571. The Hall–Kier alpha value is -1.78. The molecule has 0 saturated heterocycles. The molecule has 90 valence electrons. The predicted molar refractivity (Wildman–Crippen MR) is 65.7 cm³/mol. The van der Waals surface area contributed by atoms with Crippen LogP contribution in [0.25, 0.3) is 0 Å². The summed E-state index contributed by atoms with van der Waals surface area (Å²) in [4.78, 5) is 0. The zero-order valence-corrected chi connectivity index (χ0v) is 10.2. The third-order valence-electron chi connectivity index (χ3n) is 3.42. The van der Waals surface area contributed by atoms with Gasteiger partial charge in [0.15, 0.2) is 0 Å². The highest BCUT2D eigenvalue weighted by Crippen LogP contribution is 2.31. The van der Waals surface area contributed by atoms with Crippen LogP contribution in [-0.2, 0) is 20.5 Å². The van der Waals surface area contributed by atoms with Gasteiger partial charge in [0, 0.05) is 31.5 Å². The number of hydrogen-bond acceptors (Lipinski definition) is 3. The highest BCUT2D eigenvalue weighted by atomic mass is 15.3. The first-order chi connectivity index (χ1) is 8.24. The molecule has 0 bridgehead atoms. The first kappa shape index (κ1) is 10.4. The van der Waals surface area contributed by atoms with Crippen molar-refractivity contribution < 1.29 is 0 Å². The Morgan fingerprint density at radius 3 is 2.94 bits per heavy atom. The maximum absolute atomic E-state index is 4.35. The fraction of sp³-hybridized carbons (Fsp3) is 0.500. The van der Waals surface area contributed by atoms with Crippen LogP contribution in [0.3, 0.4) is 0 Å². The van der Waals surface area contributed by atoms with E-state index in [0.29, 0.717) is 6.04 Å². The molecule has 1 aliphatic carbocycles. The summed E-state index contributed by atoms with van der Waals surface area (Å²) in [6, 6.07) is 0.372. The highest BCUT2D eigenvalue weighted by molar-refractivity contribution is 5.43. The summed E-state index contributed by atoms with van der Waals surface area (Å²) >= 11 is 0. The summed E-state index contributed by atoms with van der Waals surface area (Å²) < 4.78 is 3.81. The van der Waals surface area contributed by atoms with Gasteiger partial charge in [-0.3, -0.25) is 9.36 Å². The van der Waals surface area contributed by atoms with Crippen LogP contribution >= 0.6 is 0 Å². The van der Waals surface area contributed by atoms with Crippen LogP contribution in [0.4, 0.5) is 5.69 Å². The van der Waals surface area contributed by atoms with Crippen molar-refractivity contribution in [3.63, 3.8) is 0 Å². The largest absolute Gasteiger partial charge is 0.376 e. The van der Waals surface area contributed by atoms with Gasteiger partial charge in [0.05, 0.1) is 24.1 Å². The van der Waals surface area contributed by atoms with E-state index in [9.17, 15) is 0 Å². The number of nitrogens with zero attached hydrogens (tertiary/aromatic N) is 4. The fourth-order valence-electron chi connectivity index (χ4n) is 2.55. The molecule has 1 unspecified atom stereocenters. The van der Waals surface area contributed by atoms with E-state index < -0.39 is 0 Å². The Balaban J connectivity index is 1.85. The Morgan fingerprint density at radius 2 is 2.18 bits per heavy atom. The molecule has 0 saturated carbocycles. The minimum absolute atomic E-state index is 0.372. The zero-order valence-electron chi connectivity index (χ0n) is 10.2.